The van der Waals surface area contributed by atoms with E-state index in [9.17, 15) is 9.59 Å². The third kappa shape index (κ3) is 2.87. The number of carbonyl (C=O) groups is 2. The maximum atomic E-state index is 11.5. The standard InChI is InChI=1S/C12H16N2O3/c1-8-4-6-14(11(8)12(16)17)7-5-10(15)13-9-2-3-9/h4,6,9H,2-3,5,7H2,1H3,(H,13,15)(H,16,17). The molecule has 1 aliphatic carbocycles. The van der Waals surface area contributed by atoms with Crippen molar-refractivity contribution in [2.45, 2.75) is 38.8 Å². The van der Waals surface area contributed by atoms with Gasteiger partial charge < -0.3 is 15.0 Å². The number of aromatic carboxylic acids is 1. The Bertz CT molecular complexity index is 447. The van der Waals surface area contributed by atoms with Gasteiger partial charge in [0.05, 0.1) is 0 Å². The summed E-state index contributed by atoms with van der Waals surface area (Å²) in [5, 5.41) is 11.9. The highest BCUT2D eigenvalue weighted by molar-refractivity contribution is 5.87. The van der Waals surface area contributed by atoms with E-state index in [0.29, 0.717) is 19.0 Å². The largest absolute Gasteiger partial charge is 0.477 e. The average Bonchev–Trinajstić information content (AvgIpc) is 2.97. The van der Waals surface area contributed by atoms with Crippen molar-refractivity contribution in [3.63, 3.8) is 0 Å². The van der Waals surface area contributed by atoms with Crippen LogP contribution in [0.25, 0.3) is 0 Å². The molecule has 1 saturated carbocycles. The minimum absolute atomic E-state index is 0.00445. The van der Waals surface area contributed by atoms with Crippen molar-refractivity contribution < 1.29 is 14.7 Å². The summed E-state index contributed by atoms with van der Waals surface area (Å²) in [4.78, 5) is 22.5. The highest BCUT2D eigenvalue weighted by atomic mass is 16.4. The molecule has 2 rings (SSSR count). The molecule has 17 heavy (non-hydrogen) atoms. The van der Waals surface area contributed by atoms with E-state index < -0.39 is 5.97 Å². The van der Waals surface area contributed by atoms with Crippen molar-refractivity contribution in [1.29, 1.82) is 0 Å². The summed E-state index contributed by atoms with van der Waals surface area (Å²) < 4.78 is 1.62. The average molecular weight is 236 g/mol. The summed E-state index contributed by atoms with van der Waals surface area (Å²) >= 11 is 0. The van der Waals surface area contributed by atoms with Gasteiger partial charge >= 0.3 is 5.97 Å². The molecule has 1 heterocycles. The molecular formula is C12H16N2O3. The summed E-state index contributed by atoms with van der Waals surface area (Å²) in [5.41, 5.74) is 0.990. The third-order valence-corrected chi connectivity index (χ3v) is 2.89. The first-order valence-corrected chi connectivity index (χ1v) is 5.76. The molecule has 5 nitrogen and oxygen atoms in total. The number of rotatable bonds is 5. The number of amides is 1. The number of carboxylic acid groups (broad SMARTS) is 1. The number of carbonyl (C=O) groups excluding carboxylic acids is 1. The second-order valence-electron chi connectivity index (χ2n) is 4.44. The Morgan fingerprint density at radius 1 is 1.53 bits per heavy atom. The number of aryl methyl sites for hydroxylation is 2. The minimum atomic E-state index is -0.949. The van der Waals surface area contributed by atoms with Crippen LogP contribution in [0.3, 0.4) is 0 Å². The third-order valence-electron chi connectivity index (χ3n) is 2.89. The van der Waals surface area contributed by atoms with E-state index in [2.05, 4.69) is 5.32 Å². The van der Waals surface area contributed by atoms with Crippen molar-refractivity contribution in [2.24, 2.45) is 0 Å². The fourth-order valence-corrected chi connectivity index (χ4v) is 1.81. The van der Waals surface area contributed by atoms with E-state index in [4.69, 9.17) is 5.11 Å². The van der Waals surface area contributed by atoms with Gasteiger partial charge in [0.2, 0.25) is 5.91 Å². The van der Waals surface area contributed by atoms with Crippen LogP contribution >= 0.6 is 0 Å². The van der Waals surface area contributed by atoms with Gasteiger partial charge in [0.25, 0.3) is 0 Å². The van der Waals surface area contributed by atoms with E-state index in [1.54, 1.807) is 23.8 Å². The minimum Gasteiger partial charge on any atom is -0.477 e. The van der Waals surface area contributed by atoms with Gasteiger partial charge in [-0.2, -0.15) is 0 Å². The zero-order valence-corrected chi connectivity index (χ0v) is 9.77. The first-order chi connectivity index (χ1) is 8.08. The lowest BCUT2D eigenvalue weighted by molar-refractivity contribution is -0.121. The van der Waals surface area contributed by atoms with Gasteiger partial charge in [-0.25, -0.2) is 4.79 Å². The summed E-state index contributed by atoms with van der Waals surface area (Å²) in [6, 6.07) is 2.11. The van der Waals surface area contributed by atoms with Crippen LogP contribution in [0.4, 0.5) is 0 Å². The monoisotopic (exact) mass is 236 g/mol. The van der Waals surface area contributed by atoms with Crippen molar-refractivity contribution in [1.82, 2.24) is 9.88 Å². The SMILES string of the molecule is Cc1ccn(CCC(=O)NC2CC2)c1C(=O)O. The molecule has 92 valence electrons. The van der Waals surface area contributed by atoms with Gasteiger partial charge in [-0.3, -0.25) is 4.79 Å². The van der Waals surface area contributed by atoms with E-state index in [0.717, 1.165) is 18.4 Å². The summed E-state index contributed by atoms with van der Waals surface area (Å²) in [7, 11) is 0. The molecule has 1 aromatic rings. The second kappa shape index (κ2) is 4.61. The molecule has 0 aliphatic heterocycles. The van der Waals surface area contributed by atoms with Crippen LogP contribution in [0.2, 0.25) is 0 Å². The Hall–Kier alpha value is -1.78. The van der Waals surface area contributed by atoms with Crippen LogP contribution in [0.5, 0.6) is 0 Å². The fraction of sp³-hybridized carbons (Fsp3) is 0.500. The molecule has 0 unspecified atom stereocenters. The topological polar surface area (TPSA) is 71.3 Å². The number of hydrogen-bond acceptors (Lipinski definition) is 2. The van der Waals surface area contributed by atoms with Crippen LogP contribution in [0.1, 0.15) is 35.3 Å². The number of aromatic nitrogens is 1. The first kappa shape index (κ1) is 11.7. The predicted molar refractivity (Wildman–Crippen MR) is 61.9 cm³/mol. The number of hydrogen-bond donors (Lipinski definition) is 2. The maximum Gasteiger partial charge on any atom is 0.352 e. The molecule has 1 amide bonds. The number of nitrogens with one attached hydrogen (secondary N) is 1. The lowest BCUT2D eigenvalue weighted by atomic mass is 10.2. The van der Waals surface area contributed by atoms with E-state index >= 15 is 0 Å². The molecule has 2 N–H and O–H groups in total. The molecule has 0 radical (unpaired) electrons. The Kier molecular flexibility index (Phi) is 3.17. The van der Waals surface area contributed by atoms with Crippen LogP contribution < -0.4 is 5.32 Å². The molecule has 0 aromatic carbocycles. The Morgan fingerprint density at radius 3 is 2.82 bits per heavy atom. The first-order valence-electron chi connectivity index (χ1n) is 5.76. The zero-order chi connectivity index (χ0) is 12.4. The van der Waals surface area contributed by atoms with Crippen molar-refractivity contribution in [3.8, 4) is 0 Å². The lowest BCUT2D eigenvalue weighted by Gasteiger charge is -2.07. The predicted octanol–water partition coefficient (Wildman–Crippen LogP) is 1.16. The highest BCUT2D eigenvalue weighted by Gasteiger charge is 2.23. The number of carboxylic acids is 1. The fourth-order valence-electron chi connectivity index (χ4n) is 1.81. The lowest BCUT2D eigenvalue weighted by Crippen LogP contribution is -2.26. The highest BCUT2D eigenvalue weighted by Crippen LogP contribution is 2.18. The van der Waals surface area contributed by atoms with Gasteiger partial charge in [0, 0.05) is 25.2 Å². The quantitative estimate of drug-likeness (QED) is 0.806. The summed E-state index contributed by atoms with van der Waals surface area (Å²) in [6.07, 6.45) is 4.16. The van der Waals surface area contributed by atoms with Crippen LogP contribution in [0, 0.1) is 6.92 Å². The van der Waals surface area contributed by atoms with Crippen LogP contribution in [-0.2, 0) is 11.3 Å². The Balaban J connectivity index is 1.93. The smallest absolute Gasteiger partial charge is 0.352 e. The number of nitrogens with zero attached hydrogens (tertiary/aromatic N) is 1. The van der Waals surface area contributed by atoms with Crippen molar-refractivity contribution >= 4 is 11.9 Å². The summed E-state index contributed by atoms with van der Waals surface area (Å²) in [6.45, 7) is 2.16. The normalized spacial score (nSPS) is 14.6. The second-order valence-corrected chi connectivity index (χ2v) is 4.44. The Labute approximate surface area is 99.4 Å². The van der Waals surface area contributed by atoms with Gasteiger partial charge in [0.15, 0.2) is 0 Å². The van der Waals surface area contributed by atoms with Gasteiger partial charge in [-0.05, 0) is 31.4 Å². The molecule has 0 atom stereocenters. The molecule has 0 spiro atoms. The van der Waals surface area contributed by atoms with Gasteiger partial charge in [-0.1, -0.05) is 0 Å². The van der Waals surface area contributed by atoms with Crippen LogP contribution in [-0.4, -0.2) is 27.6 Å². The molecule has 0 saturated heterocycles. The molecule has 5 heteroatoms. The Morgan fingerprint density at radius 2 is 2.24 bits per heavy atom. The zero-order valence-electron chi connectivity index (χ0n) is 9.77. The molecular weight excluding hydrogens is 220 g/mol. The van der Waals surface area contributed by atoms with Crippen molar-refractivity contribution in [2.75, 3.05) is 0 Å². The van der Waals surface area contributed by atoms with E-state index in [1.807, 2.05) is 0 Å². The molecule has 0 bridgehead atoms. The van der Waals surface area contributed by atoms with Crippen molar-refractivity contribution in [3.05, 3.63) is 23.5 Å². The molecule has 1 fully saturated rings. The molecule has 1 aromatic heterocycles. The van der Waals surface area contributed by atoms with E-state index in [1.165, 1.54) is 0 Å². The van der Waals surface area contributed by atoms with Gasteiger partial charge in [-0.15, -0.1) is 0 Å². The van der Waals surface area contributed by atoms with Gasteiger partial charge in [0.1, 0.15) is 5.69 Å². The molecule has 1 aliphatic rings. The maximum absolute atomic E-state index is 11.5. The van der Waals surface area contributed by atoms with Crippen LogP contribution in [0.15, 0.2) is 12.3 Å². The van der Waals surface area contributed by atoms with E-state index in [-0.39, 0.29) is 11.6 Å². The summed E-state index contributed by atoms with van der Waals surface area (Å²) in [5.74, 6) is -0.953.